The van der Waals surface area contributed by atoms with Crippen LogP contribution in [0.25, 0.3) is 0 Å². The molecule has 0 aromatic carbocycles. The maximum absolute atomic E-state index is 3.80. The van der Waals surface area contributed by atoms with Crippen molar-refractivity contribution in [3.63, 3.8) is 0 Å². The molecule has 10 heavy (non-hydrogen) atoms. The van der Waals surface area contributed by atoms with E-state index in [4.69, 9.17) is 0 Å². The van der Waals surface area contributed by atoms with Crippen molar-refractivity contribution in [1.29, 1.82) is 0 Å². The number of allylic oxidation sites excluding steroid dienone is 1. The van der Waals surface area contributed by atoms with Gasteiger partial charge in [0.15, 0.2) is 0 Å². The Kier molecular flexibility index (Phi) is 5.11. The Morgan fingerprint density at radius 1 is 1.40 bits per heavy atom. The van der Waals surface area contributed by atoms with Gasteiger partial charge in [-0.3, -0.25) is 0 Å². The topological polar surface area (TPSA) is 0 Å². The molecule has 0 atom stereocenters. The van der Waals surface area contributed by atoms with Crippen LogP contribution in [0.4, 0.5) is 0 Å². The molecule has 0 bridgehead atoms. The summed E-state index contributed by atoms with van der Waals surface area (Å²) < 4.78 is 0.620. The first kappa shape index (κ1) is 10.3. The molecule has 0 nitrogen and oxygen atoms in total. The summed E-state index contributed by atoms with van der Waals surface area (Å²) in [7, 11) is 0. The van der Waals surface area contributed by atoms with Crippen LogP contribution >= 0.6 is 0 Å². The molecule has 0 heterocycles. The standard InChI is InChI=1S/C9H18Se/c1-5-8-9(6-2,7-3)10-4/h5H,1,6-8H2,2-4H3. The first-order valence-corrected chi connectivity index (χ1v) is 6.47. The molecule has 0 aliphatic rings. The van der Waals surface area contributed by atoms with Gasteiger partial charge in [0.25, 0.3) is 0 Å². The van der Waals surface area contributed by atoms with Crippen LogP contribution in [-0.4, -0.2) is 15.0 Å². The van der Waals surface area contributed by atoms with Gasteiger partial charge in [0.2, 0.25) is 0 Å². The van der Waals surface area contributed by atoms with E-state index in [0.29, 0.717) is 4.31 Å². The normalized spacial score (nSPS) is 11.5. The number of rotatable bonds is 5. The molecule has 0 unspecified atom stereocenters. The quantitative estimate of drug-likeness (QED) is 0.477. The van der Waals surface area contributed by atoms with E-state index in [1.54, 1.807) is 0 Å². The van der Waals surface area contributed by atoms with Crippen molar-refractivity contribution in [3.8, 4) is 0 Å². The first-order chi connectivity index (χ1) is 4.74. The summed E-state index contributed by atoms with van der Waals surface area (Å²) in [4.78, 5) is 0. The molecule has 0 fully saturated rings. The van der Waals surface area contributed by atoms with Gasteiger partial charge in [0.05, 0.1) is 0 Å². The van der Waals surface area contributed by atoms with Crippen LogP contribution < -0.4 is 0 Å². The minimum atomic E-state index is 0.620. The first-order valence-electron chi connectivity index (χ1n) is 3.90. The summed E-state index contributed by atoms with van der Waals surface area (Å²) in [6.07, 6.45) is 5.90. The predicted molar refractivity (Wildman–Crippen MR) is 49.7 cm³/mol. The van der Waals surface area contributed by atoms with Crippen LogP contribution in [0.1, 0.15) is 33.1 Å². The summed E-state index contributed by atoms with van der Waals surface area (Å²) in [5.41, 5.74) is 0. The molecule has 0 N–H and O–H groups in total. The molecule has 0 amide bonds. The van der Waals surface area contributed by atoms with Crippen LogP contribution in [0.3, 0.4) is 0 Å². The van der Waals surface area contributed by atoms with E-state index in [9.17, 15) is 0 Å². The molecule has 1 heteroatoms. The van der Waals surface area contributed by atoms with Crippen LogP contribution in [-0.2, 0) is 0 Å². The molecule has 0 radical (unpaired) electrons. The Hall–Kier alpha value is 0.259. The fraction of sp³-hybridized carbons (Fsp3) is 0.778. The molecule has 0 aromatic heterocycles. The summed E-state index contributed by atoms with van der Waals surface area (Å²) in [5, 5.41) is 0. The van der Waals surface area contributed by atoms with Gasteiger partial charge in [-0.2, -0.15) is 0 Å². The van der Waals surface area contributed by atoms with Gasteiger partial charge in [0, 0.05) is 0 Å². The molecule has 0 aromatic rings. The number of hydrogen-bond acceptors (Lipinski definition) is 0. The predicted octanol–water partition coefficient (Wildman–Crippen LogP) is 3.29. The fourth-order valence-corrected chi connectivity index (χ4v) is 2.98. The average Bonchev–Trinajstić information content (AvgIpc) is 2.01. The van der Waals surface area contributed by atoms with Gasteiger partial charge in [-0.25, -0.2) is 0 Å². The molecular weight excluding hydrogens is 187 g/mol. The second-order valence-corrected chi connectivity index (χ2v) is 5.26. The van der Waals surface area contributed by atoms with E-state index >= 15 is 0 Å². The van der Waals surface area contributed by atoms with Gasteiger partial charge in [-0.05, 0) is 0 Å². The SMILES string of the molecule is C=CCC(CC)(CC)[Se]C. The molecule has 0 spiro atoms. The zero-order valence-electron chi connectivity index (χ0n) is 7.31. The van der Waals surface area contributed by atoms with Crippen molar-refractivity contribution in [1.82, 2.24) is 0 Å². The van der Waals surface area contributed by atoms with E-state index in [2.05, 4.69) is 32.3 Å². The Bertz CT molecular complexity index is 84.6. The summed E-state index contributed by atoms with van der Waals surface area (Å²) in [6.45, 7) is 8.38. The van der Waals surface area contributed by atoms with Crippen LogP contribution in [0.15, 0.2) is 12.7 Å². The van der Waals surface area contributed by atoms with E-state index in [-0.39, 0.29) is 0 Å². The van der Waals surface area contributed by atoms with E-state index in [1.165, 1.54) is 19.3 Å². The number of hydrogen-bond donors (Lipinski definition) is 0. The van der Waals surface area contributed by atoms with Gasteiger partial charge < -0.3 is 0 Å². The molecule has 0 saturated heterocycles. The van der Waals surface area contributed by atoms with Crippen molar-refractivity contribution in [2.75, 3.05) is 0 Å². The third kappa shape index (κ3) is 2.48. The Balaban J connectivity index is 4.00. The van der Waals surface area contributed by atoms with E-state index in [1.807, 2.05) is 0 Å². The maximum atomic E-state index is 3.80. The summed E-state index contributed by atoms with van der Waals surface area (Å²) in [6, 6.07) is 0. The Morgan fingerprint density at radius 3 is 2.00 bits per heavy atom. The third-order valence-corrected chi connectivity index (χ3v) is 5.62. The van der Waals surface area contributed by atoms with Gasteiger partial charge in [-0.15, -0.1) is 0 Å². The fourth-order valence-electron chi connectivity index (χ4n) is 1.17. The van der Waals surface area contributed by atoms with Crippen molar-refractivity contribution >= 4 is 15.0 Å². The van der Waals surface area contributed by atoms with Crippen molar-refractivity contribution in [2.24, 2.45) is 0 Å². The second-order valence-electron chi connectivity index (χ2n) is 2.59. The van der Waals surface area contributed by atoms with Crippen molar-refractivity contribution in [3.05, 3.63) is 12.7 Å². The van der Waals surface area contributed by atoms with Crippen molar-refractivity contribution in [2.45, 2.75) is 43.2 Å². The second kappa shape index (κ2) is 4.98. The van der Waals surface area contributed by atoms with E-state index in [0.717, 1.165) is 15.0 Å². The van der Waals surface area contributed by atoms with Crippen LogP contribution in [0.5, 0.6) is 0 Å². The molecular formula is C9H18Se. The van der Waals surface area contributed by atoms with E-state index < -0.39 is 0 Å². The molecule has 0 aliphatic carbocycles. The van der Waals surface area contributed by atoms with Gasteiger partial charge in [-0.1, -0.05) is 0 Å². The molecule has 60 valence electrons. The zero-order valence-corrected chi connectivity index (χ0v) is 9.03. The molecule has 0 aliphatic heterocycles. The molecule has 0 rings (SSSR count). The zero-order chi connectivity index (χ0) is 8.04. The van der Waals surface area contributed by atoms with Gasteiger partial charge in [0.1, 0.15) is 0 Å². The Labute approximate surface area is 71.2 Å². The minimum absolute atomic E-state index is 0.620. The monoisotopic (exact) mass is 206 g/mol. The van der Waals surface area contributed by atoms with Crippen LogP contribution in [0, 0.1) is 0 Å². The third-order valence-electron chi connectivity index (χ3n) is 2.24. The summed E-state index contributed by atoms with van der Waals surface area (Å²) in [5.74, 6) is 2.34. The van der Waals surface area contributed by atoms with Crippen molar-refractivity contribution < 1.29 is 0 Å². The summed E-state index contributed by atoms with van der Waals surface area (Å²) >= 11 is 0.769. The Morgan fingerprint density at radius 2 is 1.90 bits per heavy atom. The van der Waals surface area contributed by atoms with Gasteiger partial charge >= 0.3 is 70.9 Å². The molecule has 0 saturated carbocycles. The average molecular weight is 205 g/mol. The van der Waals surface area contributed by atoms with Crippen LogP contribution in [0.2, 0.25) is 10.1 Å².